The number of hydrogen-bond donors (Lipinski definition) is 1. The first-order valence-electron chi connectivity index (χ1n) is 7.78. The fourth-order valence-corrected chi connectivity index (χ4v) is 2.84. The summed E-state index contributed by atoms with van der Waals surface area (Å²) in [5.41, 5.74) is 0. The van der Waals surface area contributed by atoms with E-state index in [1.54, 1.807) is 0 Å². The van der Waals surface area contributed by atoms with Gasteiger partial charge in [0.1, 0.15) is 11.5 Å². The average Bonchev–Trinajstić information content (AvgIpc) is 2.62. The minimum Gasteiger partial charge on any atom is -0.500 e. The molecule has 1 N–H and O–H groups in total. The van der Waals surface area contributed by atoms with Gasteiger partial charge in [-0.05, 0) is 22.9 Å². The molecule has 4 aromatic rings. The number of rotatable bonds is 4. The Morgan fingerprint density at radius 2 is 0.958 bits per heavy atom. The lowest BCUT2D eigenvalue weighted by molar-refractivity contribution is 0.301. The Kier molecular flexibility index (Phi) is 3.81. The second-order valence-corrected chi connectivity index (χ2v) is 5.50. The molecule has 0 radical (unpaired) electrons. The normalized spacial score (nSPS) is 10.7. The fourth-order valence-electron chi connectivity index (χ4n) is 2.84. The molecule has 0 aromatic heterocycles. The molecule has 3 nitrogen and oxygen atoms in total. The first-order valence-corrected chi connectivity index (χ1v) is 7.78. The van der Waals surface area contributed by atoms with Crippen molar-refractivity contribution in [2.24, 2.45) is 0 Å². The first kappa shape index (κ1) is 14.6. The van der Waals surface area contributed by atoms with Gasteiger partial charge in [0, 0.05) is 10.8 Å². The highest BCUT2D eigenvalue weighted by molar-refractivity contribution is 6.37. The van der Waals surface area contributed by atoms with Crippen LogP contribution in [0, 0.1) is 0 Å². The molecular formula is C20H15BO3. The van der Waals surface area contributed by atoms with Gasteiger partial charge >= 0.3 is 7.32 Å². The predicted octanol–water partition coefficient (Wildman–Crippen LogP) is 4.43. The summed E-state index contributed by atoms with van der Waals surface area (Å²) in [7, 11) is -1.39. The van der Waals surface area contributed by atoms with E-state index in [1.165, 1.54) is 0 Å². The van der Waals surface area contributed by atoms with Crippen molar-refractivity contribution in [3.63, 3.8) is 0 Å². The summed E-state index contributed by atoms with van der Waals surface area (Å²) >= 11 is 0. The van der Waals surface area contributed by atoms with Gasteiger partial charge in [0.05, 0.1) is 0 Å². The van der Waals surface area contributed by atoms with Crippen molar-refractivity contribution in [1.82, 2.24) is 0 Å². The summed E-state index contributed by atoms with van der Waals surface area (Å²) in [6.45, 7) is 0. The van der Waals surface area contributed by atoms with E-state index >= 15 is 0 Å². The maximum atomic E-state index is 10.2. The van der Waals surface area contributed by atoms with E-state index in [-0.39, 0.29) is 0 Å². The summed E-state index contributed by atoms with van der Waals surface area (Å²) in [5, 5.41) is 14.2. The molecule has 0 unspecified atom stereocenters. The van der Waals surface area contributed by atoms with E-state index in [9.17, 15) is 5.02 Å². The van der Waals surface area contributed by atoms with Crippen LogP contribution in [-0.4, -0.2) is 12.3 Å². The summed E-state index contributed by atoms with van der Waals surface area (Å²) in [5.74, 6) is 1.17. The highest BCUT2D eigenvalue weighted by atomic mass is 16.7. The second-order valence-electron chi connectivity index (χ2n) is 5.50. The maximum absolute atomic E-state index is 10.2. The molecule has 0 aliphatic carbocycles. The summed E-state index contributed by atoms with van der Waals surface area (Å²) < 4.78 is 11.2. The van der Waals surface area contributed by atoms with Crippen LogP contribution in [0.25, 0.3) is 21.5 Å². The van der Waals surface area contributed by atoms with Crippen LogP contribution in [0.3, 0.4) is 0 Å². The van der Waals surface area contributed by atoms with Gasteiger partial charge < -0.3 is 14.3 Å². The molecule has 116 valence electrons. The van der Waals surface area contributed by atoms with Crippen molar-refractivity contribution in [3.05, 3.63) is 84.9 Å². The van der Waals surface area contributed by atoms with Crippen LogP contribution in [-0.2, 0) is 0 Å². The fraction of sp³-hybridized carbons (Fsp3) is 0. The van der Waals surface area contributed by atoms with E-state index in [2.05, 4.69) is 0 Å². The third-order valence-electron chi connectivity index (χ3n) is 3.95. The Morgan fingerprint density at radius 3 is 1.46 bits per heavy atom. The lowest BCUT2D eigenvalue weighted by Crippen LogP contribution is -2.29. The lowest BCUT2D eigenvalue weighted by Gasteiger charge is -2.14. The highest BCUT2D eigenvalue weighted by Crippen LogP contribution is 2.28. The van der Waals surface area contributed by atoms with Gasteiger partial charge in [-0.15, -0.1) is 0 Å². The molecule has 24 heavy (non-hydrogen) atoms. The molecule has 0 saturated heterocycles. The maximum Gasteiger partial charge on any atom is 0.785 e. The van der Waals surface area contributed by atoms with Crippen molar-refractivity contribution in [2.45, 2.75) is 0 Å². The van der Waals surface area contributed by atoms with E-state index in [0.717, 1.165) is 21.5 Å². The molecule has 4 heteroatoms. The molecule has 0 aliphatic heterocycles. The predicted molar refractivity (Wildman–Crippen MR) is 97.1 cm³/mol. The van der Waals surface area contributed by atoms with E-state index in [4.69, 9.17) is 9.31 Å². The third kappa shape index (κ3) is 2.80. The van der Waals surface area contributed by atoms with Crippen LogP contribution in [0.5, 0.6) is 11.5 Å². The molecule has 0 fully saturated rings. The lowest BCUT2D eigenvalue weighted by atomic mass is 10.1. The Labute approximate surface area is 140 Å². The van der Waals surface area contributed by atoms with Gasteiger partial charge in [0.2, 0.25) is 0 Å². The smallest absolute Gasteiger partial charge is 0.500 e. The van der Waals surface area contributed by atoms with Crippen LogP contribution in [0.1, 0.15) is 0 Å². The molecule has 0 atom stereocenters. The zero-order valence-corrected chi connectivity index (χ0v) is 12.9. The average molecular weight is 314 g/mol. The van der Waals surface area contributed by atoms with Crippen LogP contribution < -0.4 is 9.31 Å². The quantitative estimate of drug-likeness (QED) is 0.566. The first-order chi connectivity index (χ1) is 11.8. The molecule has 0 aliphatic rings. The number of hydrogen-bond acceptors (Lipinski definition) is 3. The summed E-state index contributed by atoms with van der Waals surface area (Å²) in [6, 6.07) is 27.1. The number of benzene rings is 4. The molecule has 0 saturated carbocycles. The molecule has 4 rings (SSSR count). The Balaban J connectivity index is 1.61. The van der Waals surface area contributed by atoms with Crippen molar-refractivity contribution < 1.29 is 14.3 Å². The largest absolute Gasteiger partial charge is 0.785 e. The number of fused-ring (bicyclic) bond motifs is 2. The van der Waals surface area contributed by atoms with E-state index < -0.39 is 7.32 Å². The third-order valence-corrected chi connectivity index (χ3v) is 3.95. The minimum absolute atomic E-state index is 0.584. The van der Waals surface area contributed by atoms with Crippen LogP contribution in [0.4, 0.5) is 0 Å². The molecule has 0 amide bonds. The molecule has 0 spiro atoms. The van der Waals surface area contributed by atoms with Crippen LogP contribution >= 0.6 is 0 Å². The van der Waals surface area contributed by atoms with Crippen LogP contribution in [0.15, 0.2) is 84.9 Å². The van der Waals surface area contributed by atoms with Gasteiger partial charge in [-0.3, -0.25) is 0 Å². The van der Waals surface area contributed by atoms with Gasteiger partial charge in [0.25, 0.3) is 0 Å². The van der Waals surface area contributed by atoms with E-state index in [0.29, 0.717) is 11.5 Å². The van der Waals surface area contributed by atoms with Crippen LogP contribution in [0.2, 0.25) is 0 Å². The van der Waals surface area contributed by atoms with Crippen molar-refractivity contribution in [1.29, 1.82) is 0 Å². The highest BCUT2D eigenvalue weighted by Gasteiger charge is 2.23. The van der Waals surface area contributed by atoms with Crippen molar-refractivity contribution in [3.8, 4) is 11.5 Å². The summed E-state index contributed by atoms with van der Waals surface area (Å²) in [4.78, 5) is 0. The van der Waals surface area contributed by atoms with Gasteiger partial charge in [0.15, 0.2) is 0 Å². The zero-order chi connectivity index (χ0) is 16.4. The van der Waals surface area contributed by atoms with Gasteiger partial charge in [-0.25, -0.2) is 0 Å². The van der Waals surface area contributed by atoms with E-state index in [1.807, 2.05) is 84.9 Å². The second kappa shape index (κ2) is 6.26. The van der Waals surface area contributed by atoms with Gasteiger partial charge in [-0.2, -0.15) is 0 Å². The summed E-state index contributed by atoms with van der Waals surface area (Å²) in [6.07, 6.45) is 0. The Bertz CT molecular complexity index is 908. The zero-order valence-electron chi connectivity index (χ0n) is 12.9. The Morgan fingerprint density at radius 1 is 0.542 bits per heavy atom. The molecule has 0 heterocycles. The topological polar surface area (TPSA) is 38.7 Å². The monoisotopic (exact) mass is 314 g/mol. The standard InChI is InChI=1S/C20H15BO3/c22-21(23-19-13-5-9-15-7-1-3-11-17(15)19)24-20-14-6-10-16-8-2-4-12-18(16)20/h1-14,22H. The van der Waals surface area contributed by atoms with Crippen molar-refractivity contribution in [2.75, 3.05) is 0 Å². The SMILES string of the molecule is OB(Oc1cccc2ccccc12)Oc1cccc2ccccc12. The minimum atomic E-state index is -1.39. The van der Waals surface area contributed by atoms with Gasteiger partial charge in [-0.1, -0.05) is 72.8 Å². The van der Waals surface area contributed by atoms with Crippen molar-refractivity contribution >= 4 is 28.9 Å². The Hall–Kier alpha value is -2.98. The molecular weight excluding hydrogens is 299 g/mol. The molecule has 0 bridgehead atoms. The molecule has 4 aromatic carbocycles.